The van der Waals surface area contributed by atoms with Crippen molar-refractivity contribution in [3.8, 4) is 11.5 Å². The molecule has 0 aliphatic heterocycles. The lowest BCUT2D eigenvalue weighted by atomic mass is 10.1. The van der Waals surface area contributed by atoms with Crippen LogP contribution in [0.15, 0.2) is 58.1 Å². The third-order valence-electron chi connectivity index (χ3n) is 3.92. The quantitative estimate of drug-likeness (QED) is 0.555. The van der Waals surface area contributed by atoms with E-state index in [0.717, 1.165) is 29.4 Å². The van der Waals surface area contributed by atoms with E-state index in [0.29, 0.717) is 11.8 Å². The molecule has 2 aromatic carbocycles. The molecule has 0 fully saturated rings. The van der Waals surface area contributed by atoms with Crippen molar-refractivity contribution in [1.29, 1.82) is 0 Å². The number of aromatic amines is 1. The number of hydrogen-bond acceptors (Lipinski definition) is 5. The fourth-order valence-corrected chi connectivity index (χ4v) is 2.99. The van der Waals surface area contributed by atoms with E-state index < -0.39 is 0 Å². The number of H-pyrrole nitrogens is 1. The van der Waals surface area contributed by atoms with Gasteiger partial charge in [-0.2, -0.15) is 0 Å². The third-order valence-corrected chi connectivity index (χ3v) is 4.67. The Morgan fingerprint density at radius 3 is 2.75 bits per heavy atom. The van der Waals surface area contributed by atoms with E-state index in [2.05, 4.69) is 50.7 Å². The van der Waals surface area contributed by atoms with E-state index in [9.17, 15) is 0 Å². The van der Waals surface area contributed by atoms with Crippen LogP contribution in [0, 0.1) is 0 Å². The van der Waals surface area contributed by atoms with Crippen molar-refractivity contribution in [2.24, 2.45) is 0 Å². The van der Waals surface area contributed by atoms with E-state index in [1.807, 2.05) is 18.2 Å². The van der Waals surface area contributed by atoms with Crippen molar-refractivity contribution in [2.45, 2.75) is 17.7 Å². The van der Waals surface area contributed by atoms with Crippen LogP contribution in [0.25, 0.3) is 22.5 Å². The van der Waals surface area contributed by atoms with Gasteiger partial charge in [-0.1, -0.05) is 12.1 Å². The Morgan fingerprint density at radius 2 is 1.92 bits per heavy atom. The summed E-state index contributed by atoms with van der Waals surface area (Å²) in [5.41, 5.74) is 4.04. The zero-order valence-corrected chi connectivity index (χ0v) is 14.0. The zero-order chi connectivity index (χ0) is 16.4. The molecule has 0 saturated carbocycles. The van der Waals surface area contributed by atoms with Crippen molar-refractivity contribution in [3.05, 3.63) is 60.2 Å². The minimum Gasteiger partial charge on any atom is -0.421 e. The molecule has 5 nitrogen and oxygen atoms in total. The summed E-state index contributed by atoms with van der Waals surface area (Å²) in [5.74, 6) is 1.19. The minimum atomic E-state index is 0.535. The molecular formula is C18H16N4OS. The first-order chi connectivity index (χ1) is 11.8. The predicted molar refractivity (Wildman–Crippen MR) is 95.0 cm³/mol. The molecule has 2 heterocycles. The predicted octanol–water partition coefficient (Wildman–Crippen LogP) is 4.12. The molecule has 0 radical (unpaired) electrons. The average Bonchev–Trinajstić information content (AvgIpc) is 3.29. The maximum absolute atomic E-state index is 5.80. The summed E-state index contributed by atoms with van der Waals surface area (Å²) < 4.78 is 5.80. The van der Waals surface area contributed by atoms with Gasteiger partial charge < -0.3 is 9.40 Å². The Morgan fingerprint density at radius 1 is 1.04 bits per heavy atom. The summed E-state index contributed by atoms with van der Waals surface area (Å²) in [5, 5.41) is 8.32. The molecular weight excluding hydrogens is 320 g/mol. The Bertz CT molecular complexity index is 958. The van der Waals surface area contributed by atoms with Crippen LogP contribution in [-0.4, -0.2) is 26.4 Å². The number of nitrogens with zero attached hydrogens (tertiary/aromatic N) is 3. The van der Waals surface area contributed by atoms with Crippen molar-refractivity contribution in [2.75, 3.05) is 6.26 Å². The summed E-state index contributed by atoms with van der Waals surface area (Å²) in [7, 11) is 0. The van der Waals surface area contributed by atoms with Gasteiger partial charge in [0.25, 0.3) is 0 Å². The lowest BCUT2D eigenvalue weighted by molar-refractivity contribution is 0.504. The fraction of sp³-hybridized carbons (Fsp3) is 0.167. The van der Waals surface area contributed by atoms with Crippen molar-refractivity contribution in [3.63, 3.8) is 0 Å². The standard InChI is InChI=1S/C18H16N4OS/c1-24-14-6-2-12(3-7-14)4-9-17-21-22-18(23-17)13-5-8-15-16(10-13)20-11-19-15/h2-3,5-8,10-11H,4,9H2,1H3,(H,19,20). The van der Waals surface area contributed by atoms with Crippen molar-refractivity contribution >= 4 is 22.8 Å². The molecule has 0 amide bonds. The molecule has 1 N–H and O–H groups in total. The highest BCUT2D eigenvalue weighted by molar-refractivity contribution is 7.98. The Kier molecular flexibility index (Phi) is 4.04. The molecule has 0 bridgehead atoms. The summed E-state index contributed by atoms with van der Waals surface area (Å²) in [6.07, 6.45) is 5.37. The molecule has 0 atom stereocenters. The first-order valence-corrected chi connectivity index (χ1v) is 8.93. The smallest absolute Gasteiger partial charge is 0.247 e. The number of thioether (sulfide) groups is 1. The van der Waals surface area contributed by atoms with Crippen LogP contribution in [0.5, 0.6) is 0 Å². The molecule has 120 valence electrons. The highest BCUT2D eigenvalue weighted by Gasteiger charge is 2.10. The van der Waals surface area contributed by atoms with Gasteiger partial charge in [0.15, 0.2) is 0 Å². The SMILES string of the molecule is CSc1ccc(CCc2nnc(-c3ccc4[nH]cnc4c3)o2)cc1. The van der Waals surface area contributed by atoms with Gasteiger partial charge in [0.2, 0.25) is 11.8 Å². The molecule has 24 heavy (non-hydrogen) atoms. The van der Waals surface area contributed by atoms with Crippen LogP contribution < -0.4 is 0 Å². The normalized spacial score (nSPS) is 11.2. The van der Waals surface area contributed by atoms with Gasteiger partial charge in [0, 0.05) is 16.9 Å². The molecule has 0 aliphatic rings. The van der Waals surface area contributed by atoms with Crippen LogP contribution in [-0.2, 0) is 12.8 Å². The first-order valence-electron chi connectivity index (χ1n) is 7.70. The molecule has 4 aromatic rings. The van der Waals surface area contributed by atoms with Gasteiger partial charge in [0.05, 0.1) is 17.4 Å². The summed E-state index contributed by atoms with van der Waals surface area (Å²) >= 11 is 1.75. The van der Waals surface area contributed by atoms with Gasteiger partial charge in [-0.05, 0) is 48.6 Å². The molecule has 0 unspecified atom stereocenters. The monoisotopic (exact) mass is 336 g/mol. The largest absolute Gasteiger partial charge is 0.421 e. The minimum absolute atomic E-state index is 0.535. The molecule has 6 heteroatoms. The van der Waals surface area contributed by atoms with Crippen molar-refractivity contribution < 1.29 is 4.42 Å². The summed E-state index contributed by atoms with van der Waals surface area (Å²) in [4.78, 5) is 8.60. The zero-order valence-electron chi connectivity index (χ0n) is 13.2. The van der Waals surface area contributed by atoms with Crippen LogP contribution in [0.4, 0.5) is 0 Å². The summed E-state index contributed by atoms with van der Waals surface area (Å²) in [6.45, 7) is 0. The topological polar surface area (TPSA) is 67.6 Å². The molecule has 0 saturated heterocycles. The van der Waals surface area contributed by atoms with Crippen LogP contribution in [0.3, 0.4) is 0 Å². The molecule has 0 spiro atoms. The van der Waals surface area contributed by atoms with Crippen LogP contribution >= 0.6 is 11.8 Å². The molecule has 2 aromatic heterocycles. The highest BCUT2D eigenvalue weighted by Crippen LogP contribution is 2.22. The maximum Gasteiger partial charge on any atom is 0.247 e. The Hall–Kier alpha value is -2.60. The van der Waals surface area contributed by atoms with Gasteiger partial charge >= 0.3 is 0 Å². The van der Waals surface area contributed by atoms with Gasteiger partial charge in [-0.3, -0.25) is 0 Å². The van der Waals surface area contributed by atoms with E-state index in [4.69, 9.17) is 4.42 Å². The number of imidazole rings is 1. The third kappa shape index (κ3) is 3.05. The molecule has 0 aliphatic carbocycles. The van der Waals surface area contributed by atoms with Gasteiger partial charge in [-0.25, -0.2) is 4.98 Å². The maximum atomic E-state index is 5.80. The van der Waals surface area contributed by atoms with Gasteiger partial charge in [0.1, 0.15) is 0 Å². The Labute approximate surface area is 143 Å². The molecule has 4 rings (SSSR count). The number of aryl methyl sites for hydroxylation is 2. The number of fused-ring (bicyclic) bond motifs is 1. The lowest BCUT2D eigenvalue weighted by Crippen LogP contribution is -1.91. The second-order valence-corrected chi connectivity index (χ2v) is 6.36. The second-order valence-electron chi connectivity index (χ2n) is 5.48. The number of benzene rings is 2. The fourth-order valence-electron chi connectivity index (χ4n) is 2.58. The van der Waals surface area contributed by atoms with E-state index >= 15 is 0 Å². The summed E-state index contributed by atoms with van der Waals surface area (Å²) in [6, 6.07) is 14.4. The van der Waals surface area contributed by atoms with Crippen LogP contribution in [0.1, 0.15) is 11.5 Å². The average molecular weight is 336 g/mol. The van der Waals surface area contributed by atoms with Gasteiger partial charge in [-0.15, -0.1) is 22.0 Å². The number of aromatic nitrogens is 4. The van der Waals surface area contributed by atoms with Crippen LogP contribution in [0.2, 0.25) is 0 Å². The van der Waals surface area contributed by atoms with E-state index in [-0.39, 0.29) is 0 Å². The van der Waals surface area contributed by atoms with E-state index in [1.165, 1.54) is 10.5 Å². The second kappa shape index (κ2) is 6.49. The number of rotatable bonds is 5. The number of nitrogens with one attached hydrogen (secondary N) is 1. The Balaban J connectivity index is 1.47. The first kappa shape index (κ1) is 15.0. The highest BCUT2D eigenvalue weighted by atomic mass is 32.2. The van der Waals surface area contributed by atoms with Crippen molar-refractivity contribution in [1.82, 2.24) is 20.2 Å². The lowest BCUT2D eigenvalue weighted by Gasteiger charge is -2.00. The van der Waals surface area contributed by atoms with E-state index in [1.54, 1.807) is 18.1 Å². The number of hydrogen-bond donors (Lipinski definition) is 1.